The number of benzene rings is 9. The van der Waals surface area contributed by atoms with Gasteiger partial charge in [-0.25, -0.2) is 0 Å². The van der Waals surface area contributed by atoms with Crippen LogP contribution in [0.25, 0.3) is 66.1 Å². The zero-order valence-corrected chi connectivity index (χ0v) is 41.1. The molecule has 0 unspecified atom stereocenters. The molecular formula is C64H58N4O4. The number of carbonyl (C=O) groups excluding carboxylic acids is 4. The molecule has 9 aromatic carbocycles. The van der Waals surface area contributed by atoms with Gasteiger partial charge < -0.3 is 21.3 Å². The van der Waals surface area contributed by atoms with E-state index in [0.717, 1.165) is 77.2 Å². The summed E-state index contributed by atoms with van der Waals surface area (Å²) in [7, 11) is 0. The molecule has 4 amide bonds. The Morgan fingerprint density at radius 1 is 0.375 bits per heavy atom. The molecular weight excluding hydrogens is 889 g/mol. The fourth-order valence-electron chi connectivity index (χ4n) is 9.59. The third-order valence-electron chi connectivity index (χ3n) is 13.3. The smallest absolute Gasteiger partial charge is 0.251 e. The minimum Gasteiger partial charge on any atom is -0.346 e. The van der Waals surface area contributed by atoms with Crippen molar-refractivity contribution in [1.29, 1.82) is 0 Å². The number of nitrogens with one attached hydrogen (secondary N) is 4. The Bertz CT molecular complexity index is 3180. The SMILES string of the molecule is CCCC(=O)Nc1c(-c2cccc3cccc(-c4ccc(C(=O)N[C@H](C)c5ccccc5)cc4)c23)ccc(-c2cccc3cccc(-c4ccc(C(=O)N[C@H](C)c5ccccc5)cc4)c23)c1NC(=O)CCC. The first-order valence-corrected chi connectivity index (χ1v) is 24.8. The Balaban J connectivity index is 1.15. The molecule has 0 bridgehead atoms. The van der Waals surface area contributed by atoms with E-state index < -0.39 is 0 Å². The quantitative estimate of drug-likeness (QED) is 0.0772. The number of amides is 4. The van der Waals surface area contributed by atoms with Gasteiger partial charge in [0, 0.05) is 35.1 Å². The summed E-state index contributed by atoms with van der Waals surface area (Å²) in [6, 6.07) is 63.5. The van der Waals surface area contributed by atoms with Crippen LogP contribution in [0.5, 0.6) is 0 Å². The van der Waals surface area contributed by atoms with Crippen LogP contribution < -0.4 is 21.3 Å². The normalized spacial score (nSPS) is 11.9. The lowest BCUT2D eigenvalue weighted by atomic mass is 9.87. The zero-order chi connectivity index (χ0) is 50.1. The van der Waals surface area contributed by atoms with E-state index in [1.165, 1.54) is 0 Å². The molecule has 0 aliphatic carbocycles. The Hall–Kier alpha value is -8.62. The first-order valence-electron chi connectivity index (χ1n) is 24.8. The molecule has 8 nitrogen and oxygen atoms in total. The summed E-state index contributed by atoms with van der Waals surface area (Å²) in [6.45, 7) is 7.89. The highest BCUT2D eigenvalue weighted by atomic mass is 16.2. The number of fused-ring (bicyclic) bond motifs is 2. The third kappa shape index (κ3) is 10.4. The predicted molar refractivity (Wildman–Crippen MR) is 295 cm³/mol. The van der Waals surface area contributed by atoms with E-state index in [1.54, 1.807) is 0 Å². The maximum absolute atomic E-state index is 14.0. The summed E-state index contributed by atoms with van der Waals surface area (Å²) in [4.78, 5) is 54.8. The Kier molecular flexibility index (Phi) is 14.8. The molecule has 0 spiro atoms. The van der Waals surface area contributed by atoms with E-state index in [4.69, 9.17) is 0 Å². The maximum atomic E-state index is 14.0. The second-order valence-corrected chi connectivity index (χ2v) is 18.3. The van der Waals surface area contributed by atoms with E-state index in [-0.39, 0.29) is 48.6 Å². The molecule has 0 aromatic heterocycles. The number of rotatable bonds is 16. The first kappa shape index (κ1) is 48.4. The van der Waals surface area contributed by atoms with Crippen molar-refractivity contribution < 1.29 is 19.2 Å². The Labute approximate surface area is 421 Å². The highest BCUT2D eigenvalue weighted by molar-refractivity contribution is 6.17. The van der Waals surface area contributed by atoms with E-state index >= 15 is 0 Å². The van der Waals surface area contributed by atoms with Crippen LogP contribution in [0.3, 0.4) is 0 Å². The van der Waals surface area contributed by atoms with Gasteiger partial charge in [0.25, 0.3) is 11.8 Å². The van der Waals surface area contributed by atoms with Gasteiger partial charge in [0.1, 0.15) is 0 Å². The zero-order valence-electron chi connectivity index (χ0n) is 41.1. The van der Waals surface area contributed by atoms with E-state index in [1.807, 2.05) is 173 Å². The van der Waals surface area contributed by atoms with Gasteiger partial charge in [0.15, 0.2) is 0 Å². The first-order chi connectivity index (χ1) is 35.1. The van der Waals surface area contributed by atoms with Crippen LogP contribution in [0.2, 0.25) is 0 Å². The predicted octanol–water partition coefficient (Wildman–Crippen LogP) is 15.1. The van der Waals surface area contributed by atoms with Crippen molar-refractivity contribution in [3.63, 3.8) is 0 Å². The summed E-state index contributed by atoms with van der Waals surface area (Å²) < 4.78 is 0. The summed E-state index contributed by atoms with van der Waals surface area (Å²) in [5.41, 5.74) is 11.1. The molecule has 8 heteroatoms. The van der Waals surface area contributed by atoms with Crippen molar-refractivity contribution >= 4 is 56.5 Å². The average Bonchev–Trinajstić information content (AvgIpc) is 3.41. The second kappa shape index (κ2) is 22.0. The van der Waals surface area contributed by atoms with Gasteiger partial charge >= 0.3 is 0 Å². The van der Waals surface area contributed by atoms with Crippen LogP contribution in [0.15, 0.2) is 194 Å². The van der Waals surface area contributed by atoms with Crippen molar-refractivity contribution in [2.75, 3.05) is 10.6 Å². The average molecular weight is 947 g/mol. The minimum absolute atomic E-state index is 0.160. The fourth-order valence-corrected chi connectivity index (χ4v) is 9.59. The van der Waals surface area contributed by atoms with Gasteiger partial charge in [-0.05, 0) is 117 Å². The number of hydrogen-bond acceptors (Lipinski definition) is 4. The summed E-state index contributed by atoms with van der Waals surface area (Å²) in [6.07, 6.45) is 1.84. The van der Waals surface area contributed by atoms with Crippen LogP contribution >= 0.6 is 0 Å². The lowest BCUT2D eigenvalue weighted by Crippen LogP contribution is -2.26. The number of hydrogen-bond donors (Lipinski definition) is 4. The molecule has 9 rings (SSSR count). The molecule has 72 heavy (non-hydrogen) atoms. The standard InChI is InChI=1S/C64H58N4O4/c1-5-17-57(69)67-61-55(53-29-15-25-47-23-13-27-51(59(47)53)45-31-35-49(36-32-45)63(71)65-41(3)43-19-9-7-10-20-43)39-40-56(62(61)68-58(70)18-6-2)54-30-16-26-48-24-14-28-52(60(48)54)46-33-37-50(38-34-46)64(72)66-42(4)44-21-11-8-12-22-44/h7-16,19-42H,5-6,17-18H2,1-4H3,(H,65,71)(H,66,72)(H,67,69)(H,68,70)/t41-,42-/m1/s1. The lowest BCUT2D eigenvalue weighted by molar-refractivity contribution is -0.117. The Morgan fingerprint density at radius 2 is 0.722 bits per heavy atom. The van der Waals surface area contributed by atoms with Gasteiger partial charge in [0.2, 0.25) is 11.8 Å². The van der Waals surface area contributed by atoms with E-state index in [0.29, 0.717) is 35.3 Å². The van der Waals surface area contributed by atoms with Gasteiger partial charge in [-0.3, -0.25) is 19.2 Å². The van der Waals surface area contributed by atoms with Crippen LogP contribution in [-0.2, 0) is 9.59 Å². The monoisotopic (exact) mass is 946 g/mol. The summed E-state index contributed by atoms with van der Waals surface area (Å²) >= 11 is 0. The van der Waals surface area contributed by atoms with Gasteiger partial charge in [0.05, 0.1) is 23.5 Å². The van der Waals surface area contributed by atoms with Crippen molar-refractivity contribution in [2.45, 2.75) is 65.5 Å². The van der Waals surface area contributed by atoms with Gasteiger partial charge in [-0.15, -0.1) is 0 Å². The fraction of sp³-hybridized carbons (Fsp3) is 0.156. The van der Waals surface area contributed by atoms with Crippen LogP contribution in [0.4, 0.5) is 11.4 Å². The highest BCUT2D eigenvalue weighted by Crippen LogP contribution is 2.48. The molecule has 0 aliphatic rings. The van der Waals surface area contributed by atoms with Crippen LogP contribution in [-0.4, -0.2) is 23.6 Å². The van der Waals surface area contributed by atoms with Gasteiger partial charge in [-0.1, -0.05) is 184 Å². The molecule has 2 atom stereocenters. The summed E-state index contributed by atoms with van der Waals surface area (Å²) in [5.74, 6) is -0.656. The molecule has 0 aliphatic heterocycles. The number of carbonyl (C=O) groups is 4. The van der Waals surface area contributed by atoms with Crippen LogP contribution in [0.1, 0.15) is 97.3 Å². The molecule has 0 saturated heterocycles. The third-order valence-corrected chi connectivity index (χ3v) is 13.3. The molecule has 9 aromatic rings. The second-order valence-electron chi connectivity index (χ2n) is 18.3. The number of anilines is 2. The van der Waals surface area contributed by atoms with Crippen LogP contribution in [0, 0.1) is 0 Å². The van der Waals surface area contributed by atoms with Crippen molar-refractivity contribution in [3.8, 4) is 44.5 Å². The lowest BCUT2D eigenvalue weighted by Gasteiger charge is -2.23. The largest absolute Gasteiger partial charge is 0.346 e. The topological polar surface area (TPSA) is 116 Å². The van der Waals surface area contributed by atoms with Crippen molar-refractivity contribution in [2.24, 2.45) is 0 Å². The van der Waals surface area contributed by atoms with E-state index in [9.17, 15) is 19.2 Å². The van der Waals surface area contributed by atoms with Gasteiger partial charge in [-0.2, -0.15) is 0 Å². The molecule has 0 saturated carbocycles. The Morgan fingerprint density at radius 3 is 1.07 bits per heavy atom. The minimum atomic E-state index is -0.168. The van der Waals surface area contributed by atoms with Crippen molar-refractivity contribution in [1.82, 2.24) is 10.6 Å². The summed E-state index contributed by atoms with van der Waals surface area (Å²) in [5, 5.41) is 16.8. The highest BCUT2D eigenvalue weighted by Gasteiger charge is 2.24. The molecule has 0 radical (unpaired) electrons. The van der Waals surface area contributed by atoms with Crippen molar-refractivity contribution in [3.05, 3.63) is 216 Å². The maximum Gasteiger partial charge on any atom is 0.251 e. The molecule has 358 valence electrons. The van der Waals surface area contributed by atoms with E-state index in [2.05, 4.69) is 69.8 Å². The molecule has 0 heterocycles. The molecule has 4 N–H and O–H groups in total. The molecule has 0 fully saturated rings.